The van der Waals surface area contributed by atoms with E-state index in [0.29, 0.717) is 0 Å². The van der Waals surface area contributed by atoms with E-state index in [1.807, 2.05) is 11.9 Å². The maximum atomic E-state index is 11.6. The summed E-state index contributed by atoms with van der Waals surface area (Å²) in [5.74, 6) is 0. The zero-order chi connectivity index (χ0) is 14.1. The van der Waals surface area contributed by atoms with Crippen molar-refractivity contribution < 1.29 is 4.79 Å². The van der Waals surface area contributed by atoms with E-state index in [9.17, 15) is 4.79 Å². The summed E-state index contributed by atoms with van der Waals surface area (Å²) < 4.78 is 0. The number of amides is 2. The molecule has 4 nitrogen and oxygen atoms in total. The molecular weight excluding hydrogens is 238 g/mol. The summed E-state index contributed by atoms with van der Waals surface area (Å²) >= 11 is 0. The molecule has 0 aromatic rings. The van der Waals surface area contributed by atoms with E-state index in [0.717, 1.165) is 13.0 Å². The quantitative estimate of drug-likeness (QED) is 0.664. The maximum Gasteiger partial charge on any atom is 0.319 e. The minimum atomic E-state index is 0.105. The lowest BCUT2D eigenvalue weighted by molar-refractivity contribution is 0.181. The van der Waals surface area contributed by atoms with Crippen LogP contribution < -0.4 is 0 Å². The van der Waals surface area contributed by atoms with Gasteiger partial charge in [0, 0.05) is 27.7 Å². The molecule has 0 atom stereocenters. The predicted octanol–water partition coefficient (Wildman–Crippen LogP) is 2.65. The third-order valence-corrected chi connectivity index (χ3v) is 3.88. The molecule has 0 unspecified atom stereocenters. The fourth-order valence-electron chi connectivity index (χ4n) is 2.66. The first-order chi connectivity index (χ1) is 9.11. The van der Waals surface area contributed by atoms with Gasteiger partial charge in [-0.15, -0.1) is 0 Å². The van der Waals surface area contributed by atoms with Crippen LogP contribution in [0.25, 0.3) is 0 Å². The molecule has 19 heavy (non-hydrogen) atoms. The number of hydrogen-bond acceptors (Lipinski definition) is 2. The molecule has 0 aliphatic carbocycles. The highest BCUT2D eigenvalue weighted by Crippen LogP contribution is 2.10. The second-order valence-corrected chi connectivity index (χ2v) is 5.92. The summed E-state index contributed by atoms with van der Waals surface area (Å²) in [5.41, 5.74) is 0. The second kappa shape index (κ2) is 9.18. The molecule has 1 rings (SSSR count). The number of urea groups is 1. The second-order valence-electron chi connectivity index (χ2n) is 5.92. The Morgan fingerprint density at radius 3 is 2.21 bits per heavy atom. The lowest BCUT2D eigenvalue weighted by Crippen LogP contribution is -2.36. The fourth-order valence-corrected chi connectivity index (χ4v) is 2.66. The van der Waals surface area contributed by atoms with Crippen molar-refractivity contribution in [2.75, 3.05) is 47.3 Å². The van der Waals surface area contributed by atoms with Gasteiger partial charge in [-0.2, -0.15) is 0 Å². The van der Waals surface area contributed by atoms with Crippen LogP contribution in [-0.4, -0.2) is 68.1 Å². The molecule has 1 fully saturated rings. The van der Waals surface area contributed by atoms with Gasteiger partial charge in [-0.1, -0.05) is 19.3 Å². The van der Waals surface area contributed by atoms with Gasteiger partial charge in [0.05, 0.1) is 0 Å². The average Bonchev–Trinajstić information content (AvgIpc) is 2.42. The first-order valence-corrected chi connectivity index (χ1v) is 7.76. The first-order valence-electron chi connectivity index (χ1n) is 7.76. The molecule has 2 amide bonds. The monoisotopic (exact) mass is 269 g/mol. The van der Waals surface area contributed by atoms with Crippen LogP contribution in [-0.2, 0) is 0 Å². The van der Waals surface area contributed by atoms with Crippen molar-refractivity contribution in [1.82, 2.24) is 14.7 Å². The van der Waals surface area contributed by atoms with Crippen LogP contribution in [0.5, 0.6) is 0 Å². The van der Waals surface area contributed by atoms with Crippen LogP contribution in [0.1, 0.15) is 44.9 Å². The van der Waals surface area contributed by atoms with E-state index in [-0.39, 0.29) is 6.03 Å². The number of piperidine rings is 1. The number of nitrogens with zero attached hydrogens (tertiary/aromatic N) is 3. The lowest BCUT2D eigenvalue weighted by atomic mass is 10.1. The van der Waals surface area contributed by atoms with Crippen molar-refractivity contribution in [3.05, 3.63) is 0 Å². The lowest BCUT2D eigenvalue weighted by Gasteiger charge is -2.26. The third-order valence-electron chi connectivity index (χ3n) is 3.88. The molecule has 0 aromatic carbocycles. The number of hydrogen-bond donors (Lipinski definition) is 0. The van der Waals surface area contributed by atoms with Gasteiger partial charge in [-0.05, 0) is 45.3 Å². The van der Waals surface area contributed by atoms with E-state index in [1.54, 1.807) is 19.0 Å². The Kier molecular flexibility index (Phi) is 7.87. The van der Waals surface area contributed by atoms with Crippen LogP contribution in [0.2, 0.25) is 0 Å². The number of likely N-dealkylation sites (tertiary alicyclic amines) is 1. The van der Waals surface area contributed by atoms with Crippen LogP contribution in [0.4, 0.5) is 4.79 Å². The van der Waals surface area contributed by atoms with Crippen molar-refractivity contribution in [2.45, 2.75) is 44.9 Å². The Hall–Kier alpha value is -0.770. The Balaban J connectivity index is 1.94. The summed E-state index contributed by atoms with van der Waals surface area (Å²) in [6.45, 7) is 4.76. The minimum absolute atomic E-state index is 0.105. The molecule has 112 valence electrons. The van der Waals surface area contributed by atoms with Gasteiger partial charge in [0.15, 0.2) is 0 Å². The highest BCUT2D eigenvalue weighted by atomic mass is 16.2. The van der Waals surface area contributed by atoms with E-state index in [4.69, 9.17) is 0 Å². The molecule has 1 saturated heterocycles. The molecule has 0 saturated carbocycles. The molecule has 0 radical (unpaired) electrons. The number of carbonyl (C=O) groups excluding carboxylic acids is 1. The van der Waals surface area contributed by atoms with E-state index >= 15 is 0 Å². The van der Waals surface area contributed by atoms with Crippen molar-refractivity contribution >= 4 is 6.03 Å². The van der Waals surface area contributed by atoms with E-state index < -0.39 is 0 Å². The number of carbonyl (C=O) groups is 1. The molecule has 1 aliphatic rings. The Bertz CT molecular complexity index is 250. The van der Waals surface area contributed by atoms with Gasteiger partial charge in [0.25, 0.3) is 0 Å². The van der Waals surface area contributed by atoms with Crippen molar-refractivity contribution in [3.63, 3.8) is 0 Å². The Labute approximate surface area is 118 Å². The van der Waals surface area contributed by atoms with Gasteiger partial charge in [-0.25, -0.2) is 4.79 Å². The molecular formula is C15H31N3O. The molecule has 1 aliphatic heterocycles. The first kappa shape index (κ1) is 16.3. The summed E-state index contributed by atoms with van der Waals surface area (Å²) in [7, 11) is 5.49. The largest absolute Gasteiger partial charge is 0.331 e. The third kappa shape index (κ3) is 6.81. The van der Waals surface area contributed by atoms with Gasteiger partial charge in [0.1, 0.15) is 0 Å². The van der Waals surface area contributed by atoms with Gasteiger partial charge in [0.2, 0.25) is 0 Å². The van der Waals surface area contributed by atoms with E-state index in [2.05, 4.69) is 4.90 Å². The Morgan fingerprint density at radius 2 is 1.58 bits per heavy atom. The van der Waals surface area contributed by atoms with Gasteiger partial charge in [-0.3, -0.25) is 0 Å². The minimum Gasteiger partial charge on any atom is -0.331 e. The standard InChI is InChI=1S/C15H31N3O/c1-16(2)15(19)17(3)11-7-4-5-8-12-18-13-9-6-10-14-18/h4-14H2,1-3H3. The average molecular weight is 269 g/mol. The highest BCUT2D eigenvalue weighted by Gasteiger charge is 2.10. The molecule has 0 spiro atoms. The topological polar surface area (TPSA) is 26.8 Å². The Morgan fingerprint density at radius 1 is 0.947 bits per heavy atom. The van der Waals surface area contributed by atoms with Crippen LogP contribution in [0.3, 0.4) is 0 Å². The maximum absolute atomic E-state index is 11.6. The zero-order valence-corrected chi connectivity index (χ0v) is 13.0. The summed E-state index contributed by atoms with van der Waals surface area (Å²) in [5, 5.41) is 0. The smallest absolute Gasteiger partial charge is 0.319 e. The van der Waals surface area contributed by atoms with Crippen LogP contribution in [0, 0.1) is 0 Å². The molecule has 0 aromatic heterocycles. The molecule has 1 heterocycles. The summed E-state index contributed by atoms with van der Waals surface area (Å²) in [6, 6.07) is 0.105. The van der Waals surface area contributed by atoms with Crippen molar-refractivity contribution in [2.24, 2.45) is 0 Å². The molecule has 0 N–H and O–H groups in total. The molecule has 0 bridgehead atoms. The van der Waals surface area contributed by atoms with Gasteiger partial charge < -0.3 is 14.7 Å². The molecule has 4 heteroatoms. The normalized spacial score (nSPS) is 16.4. The summed E-state index contributed by atoms with van der Waals surface area (Å²) in [6.07, 6.45) is 9.15. The van der Waals surface area contributed by atoms with Crippen LogP contribution >= 0.6 is 0 Å². The van der Waals surface area contributed by atoms with Crippen molar-refractivity contribution in [3.8, 4) is 0 Å². The highest BCUT2D eigenvalue weighted by molar-refractivity contribution is 5.73. The van der Waals surface area contributed by atoms with Crippen molar-refractivity contribution in [1.29, 1.82) is 0 Å². The fraction of sp³-hybridized carbons (Fsp3) is 0.933. The predicted molar refractivity (Wildman–Crippen MR) is 80.5 cm³/mol. The van der Waals surface area contributed by atoms with Gasteiger partial charge >= 0.3 is 6.03 Å². The van der Waals surface area contributed by atoms with E-state index in [1.165, 1.54) is 58.2 Å². The zero-order valence-electron chi connectivity index (χ0n) is 13.0. The van der Waals surface area contributed by atoms with Crippen LogP contribution in [0.15, 0.2) is 0 Å². The summed E-state index contributed by atoms with van der Waals surface area (Å²) in [4.78, 5) is 17.7. The SMILES string of the molecule is CN(C)C(=O)N(C)CCCCCCN1CCCCC1. The number of rotatable bonds is 7. The number of unbranched alkanes of at least 4 members (excludes halogenated alkanes) is 3.